The Hall–Kier alpha value is -1.77. The summed E-state index contributed by atoms with van der Waals surface area (Å²) in [5, 5.41) is 1.46. The number of amides is 1. The molecule has 1 aromatic rings. The number of rotatable bonds is 4. The molecule has 0 aliphatic rings. The molecular formula is C12H15F3N2O3S. The van der Waals surface area contributed by atoms with Crippen LogP contribution in [0.1, 0.15) is 19.4 Å². The number of carbonyl (C=O) groups is 1. The predicted molar refractivity (Wildman–Crippen MR) is 73.4 cm³/mol. The normalized spacial score (nSPS) is 12.5. The third-order valence-electron chi connectivity index (χ3n) is 2.70. The summed E-state index contributed by atoms with van der Waals surface area (Å²) in [4.78, 5) is 11.6. The van der Waals surface area contributed by atoms with Gasteiger partial charge in [0.2, 0.25) is 5.91 Å². The highest BCUT2D eigenvalue weighted by Gasteiger charge is 2.31. The van der Waals surface area contributed by atoms with Crippen LogP contribution >= 0.6 is 0 Å². The molecule has 0 spiro atoms. The van der Waals surface area contributed by atoms with Gasteiger partial charge in [-0.2, -0.15) is 13.2 Å². The summed E-state index contributed by atoms with van der Waals surface area (Å²) >= 11 is 0. The molecule has 5 nitrogen and oxygen atoms in total. The van der Waals surface area contributed by atoms with Crippen molar-refractivity contribution in [2.24, 2.45) is 0 Å². The highest BCUT2D eigenvalue weighted by molar-refractivity contribution is 7.92. The first-order valence-corrected chi connectivity index (χ1v) is 7.63. The Kier molecular flexibility index (Phi) is 4.87. The largest absolute Gasteiger partial charge is 0.416 e. The Morgan fingerprint density at radius 2 is 1.90 bits per heavy atom. The highest BCUT2D eigenvalue weighted by Crippen LogP contribution is 2.32. The van der Waals surface area contributed by atoms with Gasteiger partial charge in [0, 0.05) is 0 Å². The Labute approximate surface area is 120 Å². The number of anilines is 2. The fraction of sp³-hybridized carbons (Fsp3) is 0.417. The van der Waals surface area contributed by atoms with Gasteiger partial charge in [0.15, 0.2) is 9.84 Å². The van der Waals surface area contributed by atoms with Crippen LogP contribution in [0.15, 0.2) is 18.2 Å². The number of halogens is 3. The van der Waals surface area contributed by atoms with E-state index in [0.29, 0.717) is 6.07 Å². The zero-order valence-electron chi connectivity index (χ0n) is 11.4. The van der Waals surface area contributed by atoms with Crippen LogP contribution in [0.2, 0.25) is 0 Å². The summed E-state index contributed by atoms with van der Waals surface area (Å²) in [6.07, 6.45) is -4.54. The molecule has 0 fully saturated rings. The molecule has 21 heavy (non-hydrogen) atoms. The predicted octanol–water partition coefficient (Wildman–Crippen LogP) is 2.05. The number of nitrogens with two attached hydrogens (primary N) is 1. The van der Waals surface area contributed by atoms with Crippen molar-refractivity contribution in [2.45, 2.75) is 25.3 Å². The van der Waals surface area contributed by atoms with E-state index in [-0.39, 0.29) is 11.4 Å². The van der Waals surface area contributed by atoms with Crippen LogP contribution < -0.4 is 11.1 Å². The van der Waals surface area contributed by atoms with E-state index in [1.807, 2.05) is 0 Å². The molecule has 0 bridgehead atoms. The van der Waals surface area contributed by atoms with E-state index in [4.69, 9.17) is 5.73 Å². The van der Waals surface area contributed by atoms with Crippen LogP contribution in [0.5, 0.6) is 0 Å². The SMILES string of the molecule is CC(C)S(=O)(=O)CC(=O)Nc1ccc(C(F)(F)F)cc1N. The van der Waals surface area contributed by atoms with Gasteiger partial charge < -0.3 is 11.1 Å². The summed E-state index contributed by atoms with van der Waals surface area (Å²) in [6, 6.07) is 2.41. The van der Waals surface area contributed by atoms with Gasteiger partial charge in [0.05, 0.1) is 22.2 Å². The molecular weight excluding hydrogens is 309 g/mol. The second-order valence-corrected chi connectivity index (χ2v) is 7.26. The number of carbonyl (C=O) groups excluding carboxylic acids is 1. The summed E-state index contributed by atoms with van der Waals surface area (Å²) < 4.78 is 60.5. The lowest BCUT2D eigenvalue weighted by Crippen LogP contribution is -2.28. The molecule has 0 aliphatic heterocycles. The molecule has 0 radical (unpaired) electrons. The van der Waals surface area contributed by atoms with Gasteiger partial charge in [0.25, 0.3) is 0 Å². The van der Waals surface area contributed by atoms with Crippen molar-refractivity contribution < 1.29 is 26.4 Å². The number of hydrogen-bond acceptors (Lipinski definition) is 4. The topological polar surface area (TPSA) is 89.3 Å². The molecule has 0 aromatic heterocycles. The van der Waals surface area contributed by atoms with Gasteiger partial charge in [-0.3, -0.25) is 4.79 Å². The number of hydrogen-bond donors (Lipinski definition) is 2. The maximum absolute atomic E-state index is 12.5. The van der Waals surface area contributed by atoms with Crippen molar-refractivity contribution in [1.82, 2.24) is 0 Å². The maximum atomic E-state index is 12.5. The molecule has 3 N–H and O–H groups in total. The van der Waals surface area contributed by atoms with Crippen molar-refractivity contribution in [3.8, 4) is 0 Å². The number of nitrogens with one attached hydrogen (secondary N) is 1. The monoisotopic (exact) mass is 324 g/mol. The zero-order valence-corrected chi connectivity index (χ0v) is 12.2. The summed E-state index contributed by atoms with van der Waals surface area (Å²) in [6.45, 7) is 2.85. The molecule has 1 aromatic carbocycles. The summed E-state index contributed by atoms with van der Waals surface area (Å²) in [5.41, 5.74) is 4.12. The van der Waals surface area contributed by atoms with E-state index in [9.17, 15) is 26.4 Å². The standard InChI is InChI=1S/C12H15F3N2O3S/c1-7(2)21(19,20)6-11(18)17-10-4-3-8(5-9(10)16)12(13,14)15/h3-5,7H,6,16H2,1-2H3,(H,17,18). The van der Waals surface area contributed by atoms with E-state index in [1.165, 1.54) is 13.8 Å². The Bertz CT molecular complexity index is 640. The van der Waals surface area contributed by atoms with Crippen LogP contribution in [-0.4, -0.2) is 25.3 Å². The zero-order chi connectivity index (χ0) is 16.4. The molecule has 1 amide bonds. The first-order chi connectivity index (χ1) is 9.43. The van der Waals surface area contributed by atoms with Crippen LogP contribution in [0.3, 0.4) is 0 Å². The van der Waals surface area contributed by atoms with Crippen LogP contribution in [0, 0.1) is 0 Å². The summed E-state index contributed by atoms with van der Waals surface area (Å²) in [7, 11) is -3.59. The van der Waals surface area contributed by atoms with Gasteiger partial charge in [0.1, 0.15) is 5.75 Å². The van der Waals surface area contributed by atoms with Crippen LogP contribution in [0.4, 0.5) is 24.5 Å². The smallest absolute Gasteiger partial charge is 0.397 e. The Morgan fingerprint density at radius 3 is 2.33 bits per heavy atom. The van der Waals surface area contributed by atoms with Gasteiger partial charge in [-0.25, -0.2) is 8.42 Å². The average molecular weight is 324 g/mol. The fourth-order valence-electron chi connectivity index (χ4n) is 1.39. The molecule has 1 rings (SSSR count). The lowest BCUT2D eigenvalue weighted by atomic mass is 10.1. The number of sulfone groups is 1. The lowest BCUT2D eigenvalue weighted by molar-refractivity contribution is -0.137. The lowest BCUT2D eigenvalue weighted by Gasteiger charge is -2.12. The maximum Gasteiger partial charge on any atom is 0.416 e. The summed E-state index contributed by atoms with van der Waals surface area (Å²) in [5.74, 6) is -1.61. The minimum atomic E-state index is -4.54. The molecule has 0 aliphatic carbocycles. The molecule has 0 saturated heterocycles. The quantitative estimate of drug-likeness (QED) is 0.830. The second-order valence-electron chi connectivity index (χ2n) is 4.70. The Balaban J connectivity index is 2.88. The van der Waals surface area contributed by atoms with E-state index in [2.05, 4.69) is 5.32 Å². The minimum absolute atomic E-state index is 0.0630. The highest BCUT2D eigenvalue weighted by atomic mass is 32.2. The minimum Gasteiger partial charge on any atom is -0.397 e. The van der Waals surface area contributed by atoms with Crippen LogP contribution in [-0.2, 0) is 20.8 Å². The Morgan fingerprint density at radius 1 is 1.33 bits per heavy atom. The van der Waals surface area contributed by atoms with Gasteiger partial charge in [-0.05, 0) is 32.0 Å². The van der Waals surface area contributed by atoms with E-state index < -0.39 is 38.5 Å². The van der Waals surface area contributed by atoms with E-state index in [1.54, 1.807) is 0 Å². The number of alkyl halides is 3. The van der Waals surface area contributed by atoms with Gasteiger partial charge >= 0.3 is 6.18 Å². The van der Waals surface area contributed by atoms with Crippen molar-refractivity contribution in [3.05, 3.63) is 23.8 Å². The van der Waals surface area contributed by atoms with Gasteiger partial charge in [-0.15, -0.1) is 0 Å². The number of nitrogen functional groups attached to an aromatic ring is 1. The van der Waals surface area contributed by atoms with E-state index in [0.717, 1.165) is 12.1 Å². The van der Waals surface area contributed by atoms with E-state index >= 15 is 0 Å². The van der Waals surface area contributed by atoms with Crippen molar-refractivity contribution in [2.75, 3.05) is 16.8 Å². The first kappa shape index (κ1) is 17.3. The number of benzene rings is 1. The van der Waals surface area contributed by atoms with Gasteiger partial charge in [-0.1, -0.05) is 0 Å². The molecule has 9 heteroatoms. The van der Waals surface area contributed by atoms with Crippen molar-refractivity contribution in [1.29, 1.82) is 0 Å². The second kappa shape index (κ2) is 5.92. The van der Waals surface area contributed by atoms with Crippen molar-refractivity contribution in [3.63, 3.8) is 0 Å². The third-order valence-corrected chi connectivity index (χ3v) is 4.80. The molecule has 0 atom stereocenters. The molecule has 118 valence electrons. The fourth-order valence-corrected chi connectivity index (χ4v) is 2.16. The average Bonchev–Trinajstić information content (AvgIpc) is 2.29. The third kappa shape index (κ3) is 4.62. The molecule has 0 unspecified atom stereocenters. The molecule has 0 saturated carbocycles. The molecule has 0 heterocycles. The van der Waals surface area contributed by atoms with Crippen molar-refractivity contribution >= 4 is 27.1 Å². The van der Waals surface area contributed by atoms with Crippen LogP contribution in [0.25, 0.3) is 0 Å². The first-order valence-electron chi connectivity index (χ1n) is 5.91.